The van der Waals surface area contributed by atoms with Crippen LogP contribution < -0.4 is 5.32 Å². The van der Waals surface area contributed by atoms with Crippen LogP contribution in [0.25, 0.3) is 0 Å². The van der Waals surface area contributed by atoms with Crippen molar-refractivity contribution in [2.45, 2.75) is 70.0 Å². The molecule has 0 aromatic carbocycles. The fourth-order valence-corrected chi connectivity index (χ4v) is 3.41. The van der Waals surface area contributed by atoms with Crippen LogP contribution in [0.3, 0.4) is 0 Å². The predicted molar refractivity (Wildman–Crippen MR) is 75.9 cm³/mol. The largest absolute Gasteiger partial charge is 0.381 e. The number of piperidine rings is 1. The third-order valence-corrected chi connectivity index (χ3v) is 4.64. The van der Waals surface area contributed by atoms with E-state index in [1.807, 2.05) is 0 Å². The van der Waals surface area contributed by atoms with E-state index in [1.54, 1.807) is 0 Å². The van der Waals surface area contributed by atoms with Crippen molar-refractivity contribution < 1.29 is 4.74 Å². The molecule has 2 rings (SSSR count). The van der Waals surface area contributed by atoms with Gasteiger partial charge >= 0.3 is 0 Å². The van der Waals surface area contributed by atoms with Crippen LogP contribution in [0.5, 0.6) is 0 Å². The maximum Gasteiger partial charge on any atom is 0.0478 e. The zero-order chi connectivity index (χ0) is 12.8. The summed E-state index contributed by atoms with van der Waals surface area (Å²) < 4.78 is 5.59. The second-order valence-electron chi connectivity index (χ2n) is 5.99. The Morgan fingerprint density at radius 1 is 1.11 bits per heavy atom. The molecule has 1 N–H and O–H groups in total. The van der Waals surface area contributed by atoms with Gasteiger partial charge in [0.05, 0.1) is 0 Å². The van der Waals surface area contributed by atoms with E-state index in [0.29, 0.717) is 0 Å². The molecule has 2 saturated heterocycles. The molecule has 3 heteroatoms. The van der Waals surface area contributed by atoms with E-state index in [4.69, 9.17) is 4.74 Å². The molecule has 2 unspecified atom stereocenters. The number of hydrogen-bond donors (Lipinski definition) is 1. The minimum Gasteiger partial charge on any atom is -0.381 e. The van der Waals surface area contributed by atoms with Gasteiger partial charge in [0.25, 0.3) is 0 Å². The first kappa shape index (κ1) is 14.3. The number of nitrogens with one attached hydrogen (secondary N) is 1. The number of fused-ring (bicyclic) bond motifs is 2. The predicted octanol–water partition coefficient (Wildman–Crippen LogP) is 2.41. The highest BCUT2D eigenvalue weighted by Gasteiger charge is 2.37. The molecule has 2 aliphatic heterocycles. The Kier molecular flexibility index (Phi) is 5.93. The molecule has 3 nitrogen and oxygen atoms in total. The van der Waals surface area contributed by atoms with E-state index in [-0.39, 0.29) is 0 Å². The molecule has 0 amide bonds. The summed E-state index contributed by atoms with van der Waals surface area (Å²) in [4.78, 5) is 2.60. The number of ether oxygens (including phenoxy) is 1. The summed E-state index contributed by atoms with van der Waals surface area (Å²) in [6.45, 7) is 5.20. The standard InChI is InChI=1S/C15H30N2O/c1-3-4-9-18-10-5-8-16-13-11-14-6-7-15(12-13)17(14)2/h13-16H,3-12H2,1-2H3. The van der Waals surface area contributed by atoms with Crippen LogP contribution >= 0.6 is 0 Å². The molecule has 106 valence electrons. The molecular formula is C15H30N2O. The van der Waals surface area contributed by atoms with E-state index in [2.05, 4.69) is 24.2 Å². The third-order valence-electron chi connectivity index (χ3n) is 4.64. The van der Waals surface area contributed by atoms with E-state index in [9.17, 15) is 0 Å². The number of unbranched alkanes of at least 4 members (excludes halogenated alkanes) is 1. The van der Waals surface area contributed by atoms with Gasteiger partial charge in [-0.15, -0.1) is 0 Å². The lowest BCUT2D eigenvalue weighted by atomic mass is 9.98. The van der Waals surface area contributed by atoms with Crippen LogP contribution in [0.2, 0.25) is 0 Å². The minimum absolute atomic E-state index is 0.759. The molecule has 2 fully saturated rings. The van der Waals surface area contributed by atoms with Gasteiger partial charge in [-0.05, 0) is 52.1 Å². The van der Waals surface area contributed by atoms with E-state index in [1.165, 1.54) is 38.5 Å². The summed E-state index contributed by atoms with van der Waals surface area (Å²) >= 11 is 0. The SMILES string of the molecule is CCCCOCCCNC1CC2CCC(C1)N2C. The molecule has 18 heavy (non-hydrogen) atoms. The van der Waals surface area contributed by atoms with Crippen molar-refractivity contribution in [1.29, 1.82) is 0 Å². The Morgan fingerprint density at radius 2 is 1.78 bits per heavy atom. The summed E-state index contributed by atoms with van der Waals surface area (Å²) in [6.07, 6.45) is 9.13. The molecule has 0 aliphatic carbocycles. The summed E-state index contributed by atoms with van der Waals surface area (Å²) in [6, 6.07) is 2.46. The van der Waals surface area contributed by atoms with Crippen LogP contribution in [0.4, 0.5) is 0 Å². The lowest BCUT2D eigenvalue weighted by molar-refractivity contribution is 0.122. The summed E-state index contributed by atoms with van der Waals surface area (Å²) in [5, 5.41) is 3.73. The average Bonchev–Trinajstić information content (AvgIpc) is 2.61. The Balaban J connectivity index is 1.50. The monoisotopic (exact) mass is 254 g/mol. The van der Waals surface area contributed by atoms with Gasteiger partial charge in [-0.3, -0.25) is 0 Å². The van der Waals surface area contributed by atoms with Crippen LogP contribution in [0.15, 0.2) is 0 Å². The highest BCUT2D eigenvalue weighted by molar-refractivity contribution is 4.95. The Hall–Kier alpha value is -0.120. The van der Waals surface area contributed by atoms with Gasteiger partial charge in [0.2, 0.25) is 0 Å². The average molecular weight is 254 g/mol. The Labute approximate surface area is 112 Å². The molecular weight excluding hydrogens is 224 g/mol. The van der Waals surface area contributed by atoms with Crippen molar-refractivity contribution in [1.82, 2.24) is 10.2 Å². The van der Waals surface area contributed by atoms with Crippen molar-refractivity contribution >= 4 is 0 Å². The maximum absolute atomic E-state index is 5.59. The lowest BCUT2D eigenvalue weighted by Crippen LogP contribution is -2.47. The van der Waals surface area contributed by atoms with Gasteiger partial charge in [0.1, 0.15) is 0 Å². The van der Waals surface area contributed by atoms with Gasteiger partial charge < -0.3 is 15.0 Å². The van der Waals surface area contributed by atoms with Gasteiger partial charge in [-0.2, -0.15) is 0 Å². The van der Waals surface area contributed by atoms with Crippen LogP contribution in [0.1, 0.15) is 51.9 Å². The third kappa shape index (κ3) is 3.94. The molecule has 0 aromatic rings. The summed E-state index contributed by atoms with van der Waals surface area (Å²) in [5.74, 6) is 0. The second kappa shape index (κ2) is 7.46. The highest BCUT2D eigenvalue weighted by atomic mass is 16.5. The molecule has 2 heterocycles. The second-order valence-corrected chi connectivity index (χ2v) is 5.99. The van der Waals surface area contributed by atoms with Crippen molar-refractivity contribution in [2.24, 2.45) is 0 Å². The fraction of sp³-hybridized carbons (Fsp3) is 1.00. The Morgan fingerprint density at radius 3 is 2.44 bits per heavy atom. The Bertz CT molecular complexity index is 221. The number of hydrogen-bond acceptors (Lipinski definition) is 3. The van der Waals surface area contributed by atoms with Crippen molar-refractivity contribution in [3.8, 4) is 0 Å². The molecule has 0 saturated carbocycles. The zero-order valence-electron chi connectivity index (χ0n) is 12.2. The molecule has 2 aliphatic rings. The van der Waals surface area contributed by atoms with Gasteiger partial charge in [0.15, 0.2) is 0 Å². The van der Waals surface area contributed by atoms with Crippen LogP contribution in [-0.2, 0) is 4.74 Å². The smallest absolute Gasteiger partial charge is 0.0478 e. The van der Waals surface area contributed by atoms with E-state index >= 15 is 0 Å². The molecule has 0 aromatic heterocycles. The first-order valence-electron chi connectivity index (χ1n) is 7.84. The molecule has 0 spiro atoms. The zero-order valence-corrected chi connectivity index (χ0v) is 12.2. The van der Waals surface area contributed by atoms with Crippen molar-refractivity contribution in [3.05, 3.63) is 0 Å². The van der Waals surface area contributed by atoms with Crippen LogP contribution in [0, 0.1) is 0 Å². The van der Waals surface area contributed by atoms with Gasteiger partial charge in [-0.25, -0.2) is 0 Å². The fourth-order valence-electron chi connectivity index (χ4n) is 3.41. The minimum atomic E-state index is 0.759. The van der Waals surface area contributed by atoms with Crippen molar-refractivity contribution in [2.75, 3.05) is 26.8 Å². The molecule has 2 atom stereocenters. The first-order chi connectivity index (χ1) is 8.81. The lowest BCUT2D eigenvalue weighted by Gasteiger charge is -2.36. The van der Waals surface area contributed by atoms with Crippen LogP contribution in [-0.4, -0.2) is 49.8 Å². The van der Waals surface area contributed by atoms with Gasteiger partial charge in [0, 0.05) is 31.3 Å². The highest BCUT2D eigenvalue weighted by Crippen LogP contribution is 2.34. The van der Waals surface area contributed by atoms with E-state index < -0.39 is 0 Å². The van der Waals surface area contributed by atoms with Gasteiger partial charge in [-0.1, -0.05) is 13.3 Å². The topological polar surface area (TPSA) is 24.5 Å². The first-order valence-corrected chi connectivity index (χ1v) is 7.84. The summed E-state index contributed by atoms with van der Waals surface area (Å²) in [7, 11) is 2.31. The number of rotatable bonds is 8. The molecule has 0 radical (unpaired) electrons. The number of nitrogens with zero attached hydrogens (tertiary/aromatic N) is 1. The quantitative estimate of drug-likeness (QED) is 0.673. The van der Waals surface area contributed by atoms with Crippen molar-refractivity contribution in [3.63, 3.8) is 0 Å². The van der Waals surface area contributed by atoms with E-state index in [0.717, 1.165) is 44.3 Å². The maximum atomic E-state index is 5.59. The summed E-state index contributed by atoms with van der Waals surface area (Å²) in [5.41, 5.74) is 0. The molecule has 2 bridgehead atoms. The normalized spacial score (nSPS) is 32.0.